The molecular formula is C14H17ClN2O3. The number of hydrogen-bond donors (Lipinski definition) is 2. The van der Waals surface area contributed by atoms with Crippen LogP contribution < -0.4 is 5.32 Å². The number of aliphatic hydroxyl groups excluding tert-OH is 1. The molecule has 5 nitrogen and oxygen atoms in total. The predicted octanol–water partition coefficient (Wildman–Crippen LogP) is 1.57. The zero-order chi connectivity index (χ0) is 14.7. The molecule has 0 saturated heterocycles. The Morgan fingerprint density at radius 3 is 2.75 bits per heavy atom. The highest BCUT2D eigenvalue weighted by Gasteiger charge is 2.35. The third-order valence-electron chi connectivity index (χ3n) is 3.22. The Morgan fingerprint density at radius 2 is 2.15 bits per heavy atom. The third-order valence-corrected chi connectivity index (χ3v) is 3.73. The van der Waals surface area contributed by atoms with Gasteiger partial charge in [-0.2, -0.15) is 0 Å². The largest absolute Gasteiger partial charge is 0.395 e. The molecule has 0 heterocycles. The first-order valence-electron chi connectivity index (χ1n) is 6.52. The summed E-state index contributed by atoms with van der Waals surface area (Å²) in [6, 6.07) is 5.30. The van der Waals surface area contributed by atoms with Crippen molar-refractivity contribution in [1.29, 1.82) is 0 Å². The molecule has 0 aliphatic heterocycles. The van der Waals surface area contributed by atoms with Crippen molar-refractivity contribution in [2.45, 2.75) is 25.8 Å². The van der Waals surface area contributed by atoms with Crippen molar-refractivity contribution in [1.82, 2.24) is 4.90 Å². The highest BCUT2D eigenvalue weighted by Crippen LogP contribution is 2.28. The first kappa shape index (κ1) is 14.8. The van der Waals surface area contributed by atoms with Crippen LogP contribution in [0.3, 0.4) is 0 Å². The van der Waals surface area contributed by atoms with Gasteiger partial charge in [-0.15, -0.1) is 0 Å². The maximum absolute atomic E-state index is 12.1. The molecular weight excluding hydrogens is 280 g/mol. The van der Waals surface area contributed by atoms with E-state index in [-0.39, 0.29) is 19.2 Å². The van der Waals surface area contributed by atoms with E-state index in [9.17, 15) is 9.59 Å². The van der Waals surface area contributed by atoms with Gasteiger partial charge in [-0.05, 0) is 31.4 Å². The molecule has 0 aromatic heterocycles. The summed E-state index contributed by atoms with van der Waals surface area (Å²) in [4.78, 5) is 25.5. The van der Waals surface area contributed by atoms with Gasteiger partial charge in [-0.3, -0.25) is 9.59 Å². The van der Waals surface area contributed by atoms with E-state index in [4.69, 9.17) is 16.7 Å². The fourth-order valence-electron chi connectivity index (χ4n) is 1.99. The summed E-state index contributed by atoms with van der Waals surface area (Å²) in [6.45, 7) is 1.85. The Bertz CT molecular complexity index is 529. The molecule has 6 heteroatoms. The smallest absolute Gasteiger partial charge is 0.313 e. The molecule has 108 valence electrons. The lowest BCUT2D eigenvalue weighted by molar-refractivity contribution is -0.143. The maximum Gasteiger partial charge on any atom is 0.313 e. The molecule has 0 unspecified atom stereocenters. The number of nitrogens with zero attached hydrogens (tertiary/aromatic N) is 1. The fourth-order valence-corrected chi connectivity index (χ4v) is 2.17. The second-order valence-corrected chi connectivity index (χ2v) is 5.22. The van der Waals surface area contributed by atoms with E-state index in [0.717, 1.165) is 18.4 Å². The number of carbonyl (C=O) groups is 2. The Kier molecular flexibility index (Phi) is 4.62. The summed E-state index contributed by atoms with van der Waals surface area (Å²) in [7, 11) is 0. The number of rotatable bonds is 4. The number of aryl methyl sites for hydroxylation is 1. The lowest BCUT2D eigenvalue weighted by atomic mass is 10.2. The van der Waals surface area contributed by atoms with Gasteiger partial charge in [0.2, 0.25) is 0 Å². The van der Waals surface area contributed by atoms with Crippen LogP contribution in [0.1, 0.15) is 18.4 Å². The molecule has 0 bridgehead atoms. The lowest BCUT2D eigenvalue weighted by Gasteiger charge is -2.20. The van der Waals surface area contributed by atoms with Crippen molar-refractivity contribution >= 4 is 29.1 Å². The summed E-state index contributed by atoms with van der Waals surface area (Å²) in [6.07, 6.45) is 1.76. The van der Waals surface area contributed by atoms with Crippen LogP contribution in [0, 0.1) is 6.92 Å². The first-order valence-corrected chi connectivity index (χ1v) is 6.90. The van der Waals surface area contributed by atoms with Gasteiger partial charge in [0.1, 0.15) is 0 Å². The number of benzene rings is 1. The maximum atomic E-state index is 12.1. The van der Waals surface area contributed by atoms with Crippen molar-refractivity contribution in [2.75, 3.05) is 18.5 Å². The molecule has 1 fully saturated rings. The molecule has 1 saturated carbocycles. The number of anilines is 1. The summed E-state index contributed by atoms with van der Waals surface area (Å²) in [5, 5.41) is 11.9. The van der Waals surface area contributed by atoms with E-state index >= 15 is 0 Å². The van der Waals surface area contributed by atoms with Crippen LogP contribution >= 0.6 is 11.6 Å². The van der Waals surface area contributed by atoms with Crippen LogP contribution in [0.2, 0.25) is 5.02 Å². The molecule has 0 radical (unpaired) electrons. The Balaban J connectivity index is 2.07. The average Bonchev–Trinajstić information content (AvgIpc) is 3.25. The van der Waals surface area contributed by atoms with Crippen molar-refractivity contribution in [3.05, 3.63) is 28.8 Å². The monoisotopic (exact) mass is 296 g/mol. The zero-order valence-corrected chi connectivity index (χ0v) is 12.0. The van der Waals surface area contributed by atoms with E-state index < -0.39 is 11.8 Å². The van der Waals surface area contributed by atoms with E-state index in [2.05, 4.69) is 5.32 Å². The Hall–Kier alpha value is -1.59. The van der Waals surface area contributed by atoms with Crippen LogP contribution in [0.5, 0.6) is 0 Å². The van der Waals surface area contributed by atoms with Crippen molar-refractivity contribution < 1.29 is 14.7 Å². The highest BCUT2D eigenvalue weighted by atomic mass is 35.5. The van der Waals surface area contributed by atoms with Crippen molar-refractivity contribution in [2.24, 2.45) is 0 Å². The first-order chi connectivity index (χ1) is 9.54. The van der Waals surface area contributed by atoms with Crippen LogP contribution in [0.4, 0.5) is 5.69 Å². The average molecular weight is 297 g/mol. The molecule has 0 atom stereocenters. The molecule has 2 amide bonds. The number of halogens is 1. The van der Waals surface area contributed by atoms with E-state index in [0.29, 0.717) is 10.7 Å². The van der Waals surface area contributed by atoms with Gasteiger partial charge < -0.3 is 15.3 Å². The van der Waals surface area contributed by atoms with Crippen molar-refractivity contribution in [3.8, 4) is 0 Å². The lowest BCUT2D eigenvalue weighted by Crippen LogP contribution is -2.42. The molecule has 2 rings (SSSR count). The van der Waals surface area contributed by atoms with Crippen LogP contribution in [0.25, 0.3) is 0 Å². The fraction of sp³-hybridized carbons (Fsp3) is 0.429. The molecule has 1 aromatic rings. The van der Waals surface area contributed by atoms with Gasteiger partial charge in [-0.25, -0.2) is 0 Å². The normalized spacial score (nSPS) is 13.9. The van der Waals surface area contributed by atoms with Gasteiger partial charge in [0.25, 0.3) is 0 Å². The number of nitrogens with one attached hydrogen (secondary N) is 1. The quantitative estimate of drug-likeness (QED) is 0.829. The third kappa shape index (κ3) is 3.29. The van der Waals surface area contributed by atoms with Crippen LogP contribution in [-0.4, -0.2) is 41.0 Å². The second kappa shape index (κ2) is 6.24. The van der Waals surface area contributed by atoms with Crippen molar-refractivity contribution in [3.63, 3.8) is 0 Å². The van der Waals surface area contributed by atoms with Gasteiger partial charge in [0.05, 0.1) is 17.3 Å². The van der Waals surface area contributed by atoms with E-state index in [1.54, 1.807) is 12.1 Å². The molecule has 2 N–H and O–H groups in total. The van der Waals surface area contributed by atoms with Gasteiger partial charge in [0, 0.05) is 12.6 Å². The van der Waals surface area contributed by atoms with Gasteiger partial charge >= 0.3 is 11.8 Å². The van der Waals surface area contributed by atoms with Crippen LogP contribution in [-0.2, 0) is 9.59 Å². The molecule has 20 heavy (non-hydrogen) atoms. The zero-order valence-electron chi connectivity index (χ0n) is 11.2. The molecule has 1 aliphatic rings. The Morgan fingerprint density at radius 1 is 1.45 bits per heavy atom. The SMILES string of the molecule is Cc1cccc(NC(=O)C(=O)N(CCO)C2CC2)c1Cl. The number of carbonyl (C=O) groups excluding carboxylic acids is 2. The van der Waals surface area contributed by atoms with Gasteiger partial charge in [0.15, 0.2) is 0 Å². The predicted molar refractivity (Wildman–Crippen MR) is 76.6 cm³/mol. The summed E-state index contributed by atoms with van der Waals surface area (Å²) in [5.41, 5.74) is 1.25. The topological polar surface area (TPSA) is 69.6 Å². The molecule has 1 aromatic carbocycles. The van der Waals surface area contributed by atoms with Gasteiger partial charge in [-0.1, -0.05) is 23.7 Å². The minimum absolute atomic E-state index is 0.0772. The van der Waals surface area contributed by atoms with E-state index in [1.165, 1.54) is 4.90 Å². The summed E-state index contributed by atoms with van der Waals surface area (Å²) >= 11 is 6.08. The van der Waals surface area contributed by atoms with Crippen LogP contribution in [0.15, 0.2) is 18.2 Å². The minimum atomic E-state index is -0.724. The Labute approximate surface area is 122 Å². The summed E-state index contributed by atoms with van der Waals surface area (Å²) < 4.78 is 0. The highest BCUT2D eigenvalue weighted by molar-refractivity contribution is 6.41. The second-order valence-electron chi connectivity index (χ2n) is 4.84. The number of amides is 2. The number of aliphatic hydroxyl groups is 1. The van der Waals surface area contributed by atoms with E-state index in [1.807, 2.05) is 13.0 Å². The molecule has 0 spiro atoms. The summed E-state index contributed by atoms with van der Waals surface area (Å²) in [5.74, 6) is -1.35. The number of hydrogen-bond acceptors (Lipinski definition) is 3. The molecule has 1 aliphatic carbocycles. The standard InChI is InChI=1S/C14H17ClN2O3/c1-9-3-2-4-11(12(9)15)16-13(19)14(20)17(7-8-18)10-5-6-10/h2-4,10,18H,5-8H2,1H3,(H,16,19). The minimum Gasteiger partial charge on any atom is -0.395 e.